The summed E-state index contributed by atoms with van der Waals surface area (Å²) in [4.78, 5) is 6.97. The Kier molecular flexibility index (Phi) is 4.99. The summed E-state index contributed by atoms with van der Waals surface area (Å²) in [6.45, 7) is 9.84. The van der Waals surface area contributed by atoms with Crippen LogP contribution in [0.15, 0.2) is 18.3 Å². The minimum Gasteiger partial charge on any atom is -0.297 e. The van der Waals surface area contributed by atoms with Crippen molar-refractivity contribution in [2.75, 3.05) is 25.9 Å². The van der Waals surface area contributed by atoms with Crippen molar-refractivity contribution in [1.29, 1.82) is 0 Å². The van der Waals surface area contributed by atoms with E-state index >= 15 is 0 Å². The maximum Gasteiger partial charge on any atom is 0.211 e. The summed E-state index contributed by atoms with van der Waals surface area (Å²) in [6.07, 6.45) is 7.43. The van der Waals surface area contributed by atoms with Gasteiger partial charge in [0.2, 0.25) is 10.0 Å². The van der Waals surface area contributed by atoms with Gasteiger partial charge in [0.05, 0.1) is 11.9 Å². The van der Waals surface area contributed by atoms with Gasteiger partial charge in [-0.2, -0.15) is 4.31 Å². The van der Waals surface area contributed by atoms with Crippen LogP contribution in [0.2, 0.25) is 0 Å². The molecular weight excluding hydrogens is 334 g/mol. The predicted octanol–water partition coefficient (Wildman–Crippen LogP) is 2.81. The van der Waals surface area contributed by atoms with Crippen LogP contribution < -0.4 is 0 Å². The van der Waals surface area contributed by atoms with Crippen molar-refractivity contribution in [3.8, 4) is 0 Å². The average Bonchev–Trinajstić information content (AvgIpc) is 2.53. The van der Waals surface area contributed by atoms with Crippen molar-refractivity contribution in [2.45, 2.75) is 58.5 Å². The fourth-order valence-electron chi connectivity index (χ4n) is 4.35. The highest BCUT2D eigenvalue weighted by Gasteiger charge is 2.47. The molecule has 5 nitrogen and oxygen atoms in total. The number of likely N-dealkylation sites (tertiary alicyclic amines) is 1. The van der Waals surface area contributed by atoms with Gasteiger partial charge in [-0.05, 0) is 76.6 Å². The molecule has 2 aliphatic rings. The van der Waals surface area contributed by atoms with E-state index in [1.54, 1.807) is 4.31 Å². The Labute approximate surface area is 152 Å². The van der Waals surface area contributed by atoms with Gasteiger partial charge < -0.3 is 0 Å². The molecule has 0 atom stereocenters. The largest absolute Gasteiger partial charge is 0.297 e. The highest BCUT2D eigenvalue weighted by Crippen LogP contribution is 2.45. The van der Waals surface area contributed by atoms with E-state index in [2.05, 4.69) is 36.7 Å². The smallest absolute Gasteiger partial charge is 0.211 e. The Balaban J connectivity index is 1.66. The molecule has 1 spiro atoms. The topological polar surface area (TPSA) is 53.5 Å². The molecule has 0 aromatic carbocycles. The van der Waals surface area contributed by atoms with Crippen molar-refractivity contribution < 1.29 is 8.42 Å². The number of sulfonamides is 1. The number of aryl methyl sites for hydroxylation is 1. The highest BCUT2D eigenvalue weighted by molar-refractivity contribution is 7.88. The second-order valence-corrected chi connectivity index (χ2v) is 10.5. The molecule has 3 heterocycles. The summed E-state index contributed by atoms with van der Waals surface area (Å²) in [5.41, 5.74) is 2.28. The Morgan fingerprint density at radius 3 is 2.44 bits per heavy atom. The zero-order chi connectivity index (χ0) is 18.3. The van der Waals surface area contributed by atoms with Crippen molar-refractivity contribution in [1.82, 2.24) is 14.2 Å². The fraction of sp³-hybridized carbons (Fsp3) is 0.737. The van der Waals surface area contributed by atoms with Crippen molar-refractivity contribution in [2.24, 2.45) is 5.41 Å². The van der Waals surface area contributed by atoms with Gasteiger partial charge in [0, 0.05) is 24.8 Å². The molecule has 0 aliphatic carbocycles. The van der Waals surface area contributed by atoms with Gasteiger partial charge in [0.15, 0.2) is 0 Å². The zero-order valence-electron chi connectivity index (χ0n) is 16.0. The van der Waals surface area contributed by atoms with Crippen LogP contribution in [0, 0.1) is 12.3 Å². The lowest BCUT2D eigenvalue weighted by Crippen LogP contribution is -2.58. The first-order chi connectivity index (χ1) is 11.6. The summed E-state index contributed by atoms with van der Waals surface area (Å²) in [5, 5.41) is 0. The van der Waals surface area contributed by atoms with Crippen LogP contribution >= 0.6 is 0 Å². The van der Waals surface area contributed by atoms with Crippen LogP contribution in [-0.4, -0.2) is 54.0 Å². The standard InChI is InChI=1S/C19H31N3O2S/c1-16-6-5-11-20-17(16)14-21-12-9-19(10-13-21)8-7-18(2,3)22(15-19)25(4,23)24/h5-6,11H,7-10,12-15H2,1-4H3. The summed E-state index contributed by atoms with van der Waals surface area (Å²) in [5.74, 6) is 0. The van der Waals surface area contributed by atoms with Crippen LogP contribution in [0.5, 0.6) is 0 Å². The third-order valence-corrected chi connectivity index (χ3v) is 7.65. The number of aromatic nitrogens is 1. The van der Waals surface area contributed by atoms with E-state index < -0.39 is 10.0 Å². The van der Waals surface area contributed by atoms with E-state index in [0.29, 0.717) is 6.54 Å². The van der Waals surface area contributed by atoms with Gasteiger partial charge >= 0.3 is 0 Å². The molecule has 0 unspecified atom stereocenters. The van der Waals surface area contributed by atoms with E-state index in [0.717, 1.165) is 51.0 Å². The number of piperidine rings is 2. The molecule has 25 heavy (non-hydrogen) atoms. The summed E-state index contributed by atoms with van der Waals surface area (Å²) >= 11 is 0. The third-order valence-electron chi connectivity index (χ3n) is 6.23. The van der Waals surface area contributed by atoms with Crippen LogP contribution in [0.25, 0.3) is 0 Å². The normalized spacial score (nSPS) is 24.5. The van der Waals surface area contributed by atoms with E-state index in [4.69, 9.17) is 0 Å². The Bertz CT molecular complexity index is 722. The van der Waals surface area contributed by atoms with Crippen molar-refractivity contribution in [3.05, 3.63) is 29.6 Å². The Morgan fingerprint density at radius 1 is 1.16 bits per heavy atom. The van der Waals surface area contributed by atoms with E-state index in [9.17, 15) is 8.42 Å². The number of rotatable bonds is 3. The Morgan fingerprint density at radius 2 is 1.84 bits per heavy atom. The fourth-order valence-corrected chi connectivity index (χ4v) is 5.85. The van der Waals surface area contributed by atoms with Crippen LogP contribution in [0.3, 0.4) is 0 Å². The monoisotopic (exact) mass is 365 g/mol. The van der Waals surface area contributed by atoms with E-state index in [1.807, 2.05) is 12.3 Å². The highest BCUT2D eigenvalue weighted by atomic mass is 32.2. The number of pyridine rings is 1. The number of nitrogens with zero attached hydrogens (tertiary/aromatic N) is 3. The lowest BCUT2D eigenvalue weighted by Gasteiger charge is -2.52. The molecule has 0 amide bonds. The first kappa shape index (κ1) is 18.8. The maximum absolute atomic E-state index is 12.3. The second kappa shape index (κ2) is 6.63. The molecule has 140 valence electrons. The molecule has 0 saturated carbocycles. The molecule has 3 rings (SSSR count). The lowest BCUT2D eigenvalue weighted by atomic mass is 9.69. The molecule has 1 aromatic rings. The van der Waals surface area contributed by atoms with E-state index in [1.165, 1.54) is 11.8 Å². The Hall–Kier alpha value is -0.980. The quantitative estimate of drug-likeness (QED) is 0.826. The molecular formula is C19H31N3O2S. The first-order valence-corrected chi connectivity index (χ1v) is 11.1. The molecule has 1 aromatic heterocycles. The van der Waals surface area contributed by atoms with Gasteiger partial charge in [0.25, 0.3) is 0 Å². The minimum absolute atomic E-state index is 0.147. The maximum atomic E-state index is 12.3. The van der Waals surface area contributed by atoms with Crippen LogP contribution in [0.1, 0.15) is 50.8 Å². The predicted molar refractivity (Wildman–Crippen MR) is 101 cm³/mol. The van der Waals surface area contributed by atoms with Gasteiger partial charge in [-0.3, -0.25) is 9.88 Å². The van der Waals surface area contributed by atoms with Crippen molar-refractivity contribution in [3.63, 3.8) is 0 Å². The van der Waals surface area contributed by atoms with Gasteiger partial charge in [-0.25, -0.2) is 8.42 Å². The molecule has 0 bridgehead atoms. The molecule has 6 heteroatoms. The SMILES string of the molecule is Cc1cccnc1CN1CCC2(CC1)CCC(C)(C)N(S(C)(=O)=O)C2. The summed E-state index contributed by atoms with van der Waals surface area (Å²) in [7, 11) is -3.17. The lowest BCUT2D eigenvalue weighted by molar-refractivity contribution is 0.00506. The molecule has 2 saturated heterocycles. The van der Waals surface area contributed by atoms with Crippen LogP contribution in [0.4, 0.5) is 0 Å². The van der Waals surface area contributed by atoms with Crippen molar-refractivity contribution >= 4 is 10.0 Å². The molecule has 0 N–H and O–H groups in total. The number of hydrogen-bond donors (Lipinski definition) is 0. The zero-order valence-corrected chi connectivity index (χ0v) is 16.8. The molecule has 2 aliphatic heterocycles. The third kappa shape index (κ3) is 4.07. The first-order valence-electron chi connectivity index (χ1n) is 9.22. The second-order valence-electron chi connectivity index (χ2n) is 8.63. The minimum atomic E-state index is -3.17. The average molecular weight is 366 g/mol. The summed E-state index contributed by atoms with van der Waals surface area (Å²) < 4.78 is 26.3. The summed E-state index contributed by atoms with van der Waals surface area (Å²) in [6, 6.07) is 4.09. The molecule has 0 radical (unpaired) electrons. The number of hydrogen-bond acceptors (Lipinski definition) is 4. The van der Waals surface area contributed by atoms with Gasteiger partial charge in [-0.15, -0.1) is 0 Å². The van der Waals surface area contributed by atoms with Gasteiger partial charge in [-0.1, -0.05) is 6.07 Å². The van der Waals surface area contributed by atoms with Crippen LogP contribution in [-0.2, 0) is 16.6 Å². The van der Waals surface area contributed by atoms with E-state index in [-0.39, 0.29) is 11.0 Å². The molecule has 2 fully saturated rings. The van der Waals surface area contributed by atoms with Gasteiger partial charge in [0.1, 0.15) is 0 Å².